The number of anilines is 1. The Morgan fingerprint density at radius 3 is 2.58 bits per heavy atom. The number of likely N-dealkylation sites (tertiary alicyclic amines) is 1. The largest absolute Gasteiger partial charge is 0.383 e. The van der Waals surface area contributed by atoms with Gasteiger partial charge in [0, 0.05) is 32.4 Å². The molecular formula is C22H36N6O2S. The van der Waals surface area contributed by atoms with Crippen molar-refractivity contribution in [2.24, 2.45) is 11.5 Å². The van der Waals surface area contributed by atoms with E-state index in [1.807, 2.05) is 6.92 Å². The van der Waals surface area contributed by atoms with Crippen LogP contribution in [0.2, 0.25) is 0 Å². The molecule has 2 aliphatic heterocycles. The summed E-state index contributed by atoms with van der Waals surface area (Å²) in [4.78, 5) is 30.9. The number of carbonyl (C=O) groups is 2. The number of nitrogens with one attached hydrogen (secondary N) is 1. The van der Waals surface area contributed by atoms with Gasteiger partial charge in [0.2, 0.25) is 11.8 Å². The van der Waals surface area contributed by atoms with Crippen molar-refractivity contribution in [1.29, 1.82) is 0 Å². The van der Waals surface area contributed by atoms with Crippen LogP contribution in [0.15, 0.2) is 24.3 Å². The van der Waals surface area contributed by atoms with Gasteiger partial charge in [-0.3, -0.25) is 9.59 Å². The molecule has 0 spiro atoms. The predicted octanol–water partition coefficient (Wildman–Crippen LogP) is 0.729. The van der Waals surface area contributed by atoms with Crippen molar-refractivity contribution >= 4 is 29.3 Å². The molecule has 5 N–H and O–H groups in total. The van der Waals surface area contributed by atoms with Crippen molar-refractivity contribution in [3.8, 4) is 0 Å². The number of nitrogens with zero attached hydrogens (tertiary/aromatic N) is 3. The second-order valence-corrected chi connectivity index (χ2v) is 9.58. The molecule has 0 saturated carbocycles. The van der Waals surface area contributed by atoms with Crippen molar-refractivity contribution in [3.63, 3.8) is 0 Å². The molecule has 31 heavy (non-hydrogen) atoms. The van der Waals surface area contributed by atoms with E-state index in [1.165, 1.54) is 48.2 Å². The number of thioether (sulfide) groups is 1. The van der Waals surface area contributed by atoms with Crippen LogP contribution >= 0.6 is 11.8 Å². The normalized spacial score (nSPS) is 22.7. The van der Waals surface area contributed by atoms with Crippen LogP contribution in [0, 0.1) is 0 Å². The average molecular weight is 449 g/mol. The van der Waals surface area contributed by atoms with Gasteiger partial charge in [-0.05, 0) is 57.0 Å². The minimum atomic E-state index is -0.789. The Hall–Kier alpha value is -1.81. The van der Waals surface area contributed by atoms with Gasteiger partial charge in [-0.25, -0.2) is 0 Å². The van der Waals surface area contributed by atoms with Crippen LogP contribution in [-0.4, -0.2) is 89.6 Å². The first-order chi connectivity index (χ1) is 14.9. The molecule has 2 amide bonds. The van der Waals surface area contributed by atoms with E-state index in [9.17, 15) is 9.59 Å². The summed E-state index contributed by atoms with van der Waals surface area (Å²) >= 11 is 1.46. The van der Waals surface area contributed by atoms with E-state index >= 15 is 0 Å². The summed E-state index contributed by atoms with van der Waals surface area (Å²) in [6.45, 7) is 6.59. The van der Waals surface area contributed by atoms with Crippen molar-refractivity contribution in [3.05, 3.63) is 29.8 Å². The van der Waals surface area contributed by atoms with Crippen molar-refractivity contribution in [2.45, 2.75) is 42.9 Å². The molecule has 0 radical (unpaired) electrons. The minimum absolute atomic E-state index is 0.0193. The van der Waals surface area contributed by atoms with E-state index in [0.717, 1.165) is 18.7 Å². The fraction of sp³-hybridized carbons (Fsp3) is 0.636. The smallest absolute Gasteiger partial charge is 0.243 e. The molecular weight excluding hydrogens is 412 g/mol. The van der Waals surface area contributed by atoms with Gasteiger partial charge in [-0.2, -0.15) is 0 Å². The van der Waals surface area contributed by atoms with Gasteiger partial charge in [0.05, 0.1) is 6.67 Å². The lowest BCUT2D eigenvalue weighted by molar-refractivity contribution is -0.134. The van der Waals surface area contributed by atoms with Gasteiger partial charge in [0.25, 0.3) is 0 Å². The van der Waals surface area contributed by atoms with Crippen LogP contribution in [0.5, 0.6) is 0 Å². The Bertz CT molecular complexity index is 740. The second kappa shape index (κ2) is 11.2. The quantitative estimate of drug-likeness (QED) is 0.453. The van der Waals surface area contributed by atoms with Crippen molar-refractivity contribution in [2.75, 3.05) is 51.8 Å². The molecule has 1 unspecified atom stereocenters. The highest BCUT2D eigenvalue weighted by Gasteiger charge is 2.44. The third-order valence-electron chi connectivity index (χ3n) is 6.11. The summed E-state index contributed by atoms with van der Waals surface area (Å²) in [5.41, 5.74) is 14.1. The minimum Gasteiger partial charge on any atom is -0.383 e. The molecule has 8 nitrogen and oxygen atoms in total. The molecule has 0 aliphatic carbocycles. The summed E-state index contributed by atoms with van der Waals surface area (Å²) in [5.74, 6) is -0.227. The summed E-state index contributed by atoms with van der Waals surface area (Å²) in [6, 6.07) is 7.66. The molecule has 0 aromatic heterocycles. The van der Waals surface area contributed by atoms with Crippen LogP contribution < -0.4 is 16.8 Å². The lowest BCUT2D eigenvalue weighted by Crippen LogP contribution is -2.53. The summed E-state index contributed by atoms with van der Waals surface area (Å²) < 4.78 is 0. The zero-order chi connectivity index (χ0) is 22.4. The molecule has 9 heteroatoms. The number of hydrogen-bond donors (Lipinski definition) is 3. The van der Waals surface area contributed by atoms with Crippen LogP contribution in [0.1, 0.15) is 25.3 Å². The van der Waals surface area contributed by atoms with Gasteiger partial charge < -0.3 is 31.5 Å². The fourth-order valence-corrected chi connectivity index (χ4v) is 5.57. The molecule has 2 saturated heterocycles. The lowest BCUT2D eigenvalue weighted by atomic mass is 10.1. The maximum absolute atomic E-state index is 12.9. The number of rotatable bonds is 10. The first-order valence-electron chi connectivity index (χ1n) is 11.2. The Morgan fingerprint density at radius 1 is 1.29 bits per heavy atom. The average Bonchev–Trinajstić information content (AvgIpc) is 3.43. The molecule has 2 fully saturated rings. The standard InChI is InChI=1S/C22H36N6O2S/c1-3-28-20(29)18(31-22(28)19(24)21(30)26(2)15-23)14-25-17-8-6-16(7-9-17)10-13-27-11-4-5-12-27/h6-9,18-19,22,25H,3-5,10-15,23-24H2,1-2H3/t18-,19-,22?/m1/s1. The molecule has 1 aromatic rings. The third kappa shape index (κ3) is 5.91. The highest BCUT2D eigenvalue weighted by Crippen LogP contribution is 2.33. The number of likely N-dealkylation sites (N-methyl/N-ethyl adjacent to an activating group) is 2. The maximum atomic E-state index is 12.9. The molecule has 1 aromatic carbocycles. The maximum Gasteiger partial charge on any atom is 0.243 e. The molecule has 172 valence electrons. The van der Waals surface area contributed by atoms with E-state index in [-0.39, 0.29) is 29.1 Å². The highest BCUT2D eigenvalue weighted by molar-refractivity contribution is 8.01. The number of nitrogens with two attached hydrogens (primary N) is 2. The van der Waals surface area contributed by atoms with Crippen molar-refractivity contribution < 1.29 is 9.59 Å². The Morgan fingerprint density at radius 2 is 1.97 bits per heavy atom. The molecule has 2 heterocycles. The summed E-state index contributed by atoms with van der Waals surface area (Å²) in [6.07, 6.45) is 3.70. The van der Waals surface area contributed by atoms with Crippen molar-refractivity contribution in [1.82, 2.24) is 14.7 Å². The van der Waals surface area contributed by atoms with E-state index in [1.54, 1.807) is 11.9 Å². The number of amides is 2. The van der Waals surface area contributed by atoms with E-state index in [2.05, 4.69) is 34.5 Å². The third-order valence-corrected chi connectivity index (χ3v) is 7.64. The van der Waals surface area contributed by atoms with Gasteiger partial charge >= 0.3 is 0 Å². The molecule has 2 aliphatic rings. The molecule has 3 rings (SSSR count). The van der Waals surface area contributed by atoms with E-state index < -0.39 is 6.04 Å². The van der Waals surface area contributed by atoms with Crippen LogP contribution in [0.3, 0.4) is 0 Å². The Labute approximate surface area is 189 Å². The monoisotopic (exact) mass is 448 g/mol. The molecule has 3 atom stereocenters. The van der Waals surface area contributed by atoms with Gasteiger partial charge in [-0.15, -0.1) is 11.8 Å². The topological polar surface area (TPSA) is 108 Å². The molecule has 0 bridgehead atoms. The van der Waals surface area contributed by atoms with Crippen LogP contribution in [0.25, 0.3) is 0 Å². The number of benzene rings is 1. The number of carbonyl (C=O) groups excluding carboxylic acids is 2. The summed E-state index contributed by atoms with van der Waals surface area (Å²) in [5, 5.41) is 2.72. The zero-order valence-corrected chi connectivity index (χ0v) is 19.4. The summed E-state index contributed by atoms with van der Waals surface area (Å²) in [7, 11) is 1.62. The first kappa shape index (κ1) is 23.8. The number of hydrogen-bond acceptors (Lipinski definition) is 7. The second-order valence-electron chi connectivity index (χ2n) is 8.26. The predicted molar refractivity (Wildman–Crippen MR) is 127 cm³/mol. The van der Waals surface area contributed by atoms with Crippen LogP contribution in [-0.2, 0) is 16.0 Å². The fourth-order valence-electron chi connectivity index (χ4n) is 4.12. The van der Waals surface area contributed by atoms with E-state index in [4.69, 9.17) is 11.5 Å². The highest BCUT2D eigenvalue weighted by atomic mass is 32.2. The zero-order valence-electron chi connectivity index (χ0n) is 18.6. The lowest BCUT2D eigenvalue weighted by Gasteiger charge is -2.29. The Kier molecular flexibility index (Phi) is 8.59. The van der Waals surface area contributed by atoms with Gasteiger partial charge in [-0.1, -0.05) is 12.1 Å². The SMILES string of the molecule is CCN1C(=O)[C@@H](CNc2ccc(CCN3CCCC3)cc2)SC1[C@H](N)C(=O)N(C)CN. The van der Waals surface area contributed by atoms with Crippen LogP contribution in [0.4, 0.5) is 5.69 Å². The Balaban J connectivity index is 1.52. The van der Waals surface area contributed by atoms with Gasteiger partial charge in [0.15, 0.2) is 0 Å². The van der Waals surface area contributed by atoms with Gasteiger partial charge in [0.1, 0.15) is 16.7 Å². The first-order valence-corrected chi connectivity index (χ1v) is 12.1. The van der Waals surface area contributed by atoms with E-state index in [0.29, 0.717) is 13.1 Å².